The fourth-order valence-electron chi connectivity index (χ4n) is 4.75. The molecular weight excluding hydrogens is 438 g/mol. The Kier molecular flexibility index (Phi) is 6.60. The van der Waals surface area contributed by atoms with Gasteiger partial charge in [-0.15, -0.1) is 0 Å². The molecule has 0 N–H and O–H groups in total. The van der Waals surface area contributed by atoms with E-state index < -0.39 is 0 Å². The molecule has 1 amide bonds. The van der Waals surface area contributed by atoms with E-state index in [0.29, 0.717) is 23.3 Å². The third-order valence-electron chi connectivity index (χ3n) is 6.51. The maximum Gasteiger partial charge on any atom is 0.241 e. The summed E-state index contributed by atoms with van der Waals surface area (Å²) in [6, 6.07) is 17.9. The Morgan fingerprint density at radius 3 is 2.55 bits per heavy atom. The van der Waals surface area contributed by atoms with Gasteiger partial charge < -0.3 is 14.3 Å². The van der Waals surface area contributed by atoms with Gasteiger partial charge in [-0.3, -0.25) is 9.69 Å². The highest BCUT2D eigenvalue weighted by molar-refractivity contribution is 6.33. The highest BCUT2D eigenvalue weighted by Crippen LogP contribution is 2.26. The molecule has 0 spiro atoms. The lowest BCUT2D eigenvalue weighted by molar-refractivity contribution is -0.137. The molecule has 7 nitrogen and oxygen atoms in total. The van der Waals surface area contributed by atoms with Crippen LogP contribution in [-0.4, -0.2) is 65.1 Å². The Hall–Kier alpha value is -2.90. The smallest absolute Gasteiger partial charge is 0.241 e. The third-order valence-corrected chi connectivity index (χ3v) is 6.84. The maximum absolute atomic E-state index is 13.2. The molecule has 1 atom stereocenters. The first-order valence-corrected chi connectivity index (χ1v) is 11.9. The number of anilines is 1. The number of para-hydroxylation sites is 1. The lowest BCUT2D eigenvalue weighted by Crippen LogP contribution is -2.52. The summed E-state index contributed by atoms with van der Waals surface area (Å²) in [5, 5.41) is 4.69. The molecule has 1 aromatic heterocycles. The van der Waals surface area contributed by atoms with E-state index in [0.717, 1.165) is 57.7 Å². The molecule has 2 fully saturated rings. The Bertz CT molecular complexity index is 1080. The van der Waals surface area contributed by atoms with Gasteiger partial charge in [0.15, 0.2) is 0 Å². The summed E-state index contributed by atoms with van der Waals surface area (Å²) in [6.45, 7) is 5.49. The first-order chi connectivity index (χ1) is 16.2. The number of aromatic nitrogens is 2. The summed E-state index contributed by atoms with van der Waals surface area (Å²) < 4.78 is 5.48. The van der Waals surface area contributed by atoms with Crippen LogP contribution in [0.2, 0.25) is 5.02 Å². The number of halogens is 1. The average Bonchev–Trinajstić information content (AvgIpc) is 3.33. The molecule has 0 saturated carbocycles. The van der Waals surface area contributed by atoms with Gasteiger partial charge in [0.25, 0.3) is 0 Å². The summed E-state index contributed by atoms with van der Waals surface area (Å²) in [6.07, 6.45) is 1.93. The van der Waals surface area contributed by atoms with Crippen LogP contribution in [0.5, 0.6) is 0 Å². The van der Waals surface area contributed by atoms with Crippen molar-refractivity contribution in [2.75, 3.05) is 44.2 Å². The normalized spacial score (nSPS) is 19.6. The second-order valence-electron chi connectivity index (χ2n) is 8.71. The molecule has 3 aromatic rings. The van der Waals surface area contributed by atoms with Gasteiger partial charge in [0, 0.05) is 44.0 Å². The minimum Gasteiger partial charge on any atom is -0.368 e. The van der Waals surface area contributed by atoms with Gasteiger partial charge in [-0.05, 0) is 43.7 Å². The number of benzene rings is 2. The molecule has 2 aliphatic heterocycles. The molecule has 2 aromatic carbocycles. The van der Waals surface area contributed by atoms with E-state index in [9.17, 15) is 4.79 Å². The van der Waals surface area contributed by atoms with Gasteiger partial charge >= 0.3 is 0 Å². The SMILES string of the molecule is O=C(C1CCCN(Cc2nc(-c3ccccc3Cl)no2)C1)N1CCN(c2ccccc2)CC1. The van der Waals surface area contributed by atoms with Crippen molar-refractivity contribution in [1.29, 1.82) is 0 Å². The fraction of sp³-hybridized carbons (Fsp3) is 0.400. The van der Waals surface area contributed by atoms with Crippen LogP contribution in [0.15, 0.2) is 59.1 Å². The summed E-state index contributed by atoms with van der Waals surface area (Å²) in [5.41, 5.74) is 1.99. The van der Waals surface area contributed by atoms with E-state index in [1.807, 2.05) is 35.2 Å². The van der Waals surface area contributed by atoms with Gasteiger partial charge in [-0.25, -0.2) is 0 Å². The van der Waals surface area contributed by atoms with Gasteiger partial charge in [0.2, 0.25) is 17.6 Å². The van der Waals surface area contributed by atoms with E-state index in [4.69, 9.17) is 16.1 Å². The maximum atomic E-state index is 13.2. The van der Waals surface area contributed by atoms with Crippen LogP contribution in [0.1, 0.15) is 18.7 Å². The lowest BCUT2D eigenvalue weighted by Gasteiger charge is -2.39. The largest absolute Gasteiger partial charge is 0.368 e. The zero-order valence-corrected chi connectivity index (χ0v) is 19.3. The monoisotopic (exact) mass is 465 g/mol. The molecule has 2 aliphatic rings. The highest BCUT2D eigenvalue weighted by Gasteiger charge is 2.31. The molecule has 33 heavy (non-hydrogen) atoms. The van der Waals surface area contributed by atoms with Crippen LogP contribution in [0.4, 0.5) is 5.69 Å². The van der Waals surface area contributed by atoms with Gasteiger partial charge in [-0.2, -0.15) is 4.98 Å². The Morgan fingerprint density at radius 1 is 1.00 bits per heavy atom. The van der Waals surface area contributed by atoms with Crippen LogP contribution in [-0.2, 0) is 11.3 Å². The molecule has 3 heterocycles. The molecule has 5 rings (SSSR count). The summed E-state index contributed by atoms with van der Waals surface area (Å²) >= 11 is 6.25. The number of piperazine rings is 1. The molecule has 1 unspecified atom stereocenters. The Labute approximate surface area is 198 Å². The number of likely N-dealkylation sites (tertiary alicyclic amines) is 1. The molecule has 0 aliphatic carbocycles. The zero-order valence-electron chi connectivity index (χ0n) is 18.6. The number of amides is 1. The zero-order chi connectivity index (χ0) is 22.6. The first-order valence-electron chi connectivity index (χ1n) is 11.6. The van der Waals surface area contributed by atoms with E-state index >= 15 is 0 Å². The minimum atomic E-state index is 0.0213. The van der Waals surface area contributed by atoms with Crippen molar-refractivity contribution in [1.82, 2.24) is 19.9 Å². The molecule has 0 radical (unpaired) electrons. The molecule has 0 bridgehead atoms. The second-order valence-corrected chi connectivity index (χ2v) is 9.12. The third kappa shape index (κ3) is 5.04. The molecule has 8 heteroatoms. The van der Waals surface area contributed by atoms with E-state index in [-0.39, 0.29) is 11.8 Å². The van der Waals surface area contributed by atoms with E-state index in [2.05, 4.69) is 44.2 Å². The topological polar surface area (TPSA) is 65.7 Å². The van der Waals surface area contributed by atoms with Crippen LogP contribution in [0, 0.1) is 5.92 Å². The van der Waals surface area contributed by atoms with Crippen molar-refractivity contribution in [3.63, 3.8) is 0 Å². The van der Waals surface area contributed by atoms with E-state index in [1.54, 1.807) is 0 Å². The standard InChI is InChI=1S/C25H28ClN5O2/c26-22-11-5-4-10-21(22)24-27-23(33-28-24)18-29-12-6-7-19(17-29)25(32)31-15-13-30(14-16-31)20-8-2-1-3-9-20/h1-5,8-11,19H,6-7,12-18H2. The van der Waals surface area contributed by atoms with Gasteiger partial charge in [-0.1, -0.05) is 47.1 Å². The lowest BCUT2D eigenvalue weighted by atomic mass is 9.96. The summed E-state index contributed by atoms with van der Waals surface area (Å²) in [7, 11) is 0. The molecular formula is C25H28ClN5O2. The number of rotatable bonds is 5. The Morgan fingerprint density at radius 2 is 1.76 bits per heavy atom. The minimum absolute atomic E-state index is 0.0213. The predicted octanol–water partition coefficient (Wildman–Crippen LogP) is 3.95. The number of piperidine rings is 1. The quantitative estimate of drug-likeness (QED) is 0.568. The fourth-order valence-corrected chi connectivity index (χ4v) is 4.97. The van der Waals surface area contributed by atoms with Crippen molar-refractivity contribution in [2.45, 2.75) is 19.4 Å². The van der Waals surface area contributed by atoms with Crippen molar-refractivity contribution in [2.24, 2.45) is 5.92 Å². The number of nitrogens with zero attached hydrogens (tertiary/aromatic N) is 5. The van der Waals surface area contributed by atoms with Crippen molar-refractivity contribution >= 4 is 23.2 Å². The Balaban J connectivity index is 1.16. The molecule has 172 valence electrons. The summed E-state index contributed by atoms with van der Waals surface area (Å²) in [5.74, 6) is 1.34. The van der Waals surface area contributed by atoms with Crippen molar-refractivity contribution in [3.8, 4) is 11.4 Å². The van der Waals surface area contributed by atoms with Crippen molar-refractivity contribution in [3.05, 3.63) is 65.5 Å². The number of hydrogen-bond donors (Lipinski definition) is 0. The highest BCUT2D eigenvalue weighted by atomic mass is 35.5. The number of hydrogen-bond acceptors (Lipinski definition) is 6. The van der Waals surface area contributed by atoms with Crippen molar-refractivity contribution < 1.29 is 9.32 Å². The second kappa shape index (κ2) is 9.93. The number of carbonyl (C=O) groups excluding carboxylic acids is 1. The van der Waals surface area contributed by atoms with Crippen LogP contribution >= 0.6 is 11.6 Å². The predicted molar refractivity (Wildman–Crippen MR) is 128 cm³/mol. The summed E-state index contributed by atoms with van der Waals surface area (Å²) in [4.78, 5) is 24.4. The van der Waals surface area contributed by atoms with Crippen LogP contribution in [0.25, 0.3) is 11.4 Å². The van der Waals surface area contributed by atoms with Gasteiger partial charge in [0.05, 0.1) is 17.5 Å². The van der Waals surface area contributed by atoms with E-state index in [1.165, 1.54) is 5.69 Å². The van der Waals surface area contributed by atoms with Gasteiger partial charge in [0.1, 0.15) is 0 Å². The average molecular weight is 466 g/mol. The van der Waals surface area contributed by atoms with Crippen LogP contribution < -0.4 is 4.90 Å². The van der Waals surface area contributed by atoms with Crippen LogP contribution in [0.3, 0.4) is 0 Å². The first kappa shape index (κ1) is 21.9. The molecule has 2 saturated heterocycles. The number of carbonyl (C=O) groups is 1.